The molecule has 3 rings (SSSR count). The van der Waals surface area contributed by atoms with Crippen LogP contribution in [0.3, 0.4) is 0 Å². The van der Waals surface area contributed by atoms with E-state index in [-0.39, 0.29) is 42.5 Å². The number of rotatable bonds is 3. The number of halogens is 2. The Hall–Kier alpha value is -1.77. The molecule has 1 heterocycles. The van der Waals surface area contributed by atoms with Crippen molar-refractivity contribution in [2.45, 2.75) is 4.90 Å². The molecular formula is C17H16BrFN2O3S. The van der Waals surface area contributed by atoms with Crippen LogP contribution in [0.1, 0.15) is 10.4 Å². The Morgan fingerprint density at radius 1 is 1.00 bits per heavy atom. The van der Waals surface area contributed by atoms with Crippen molar-refractivity contribution >= 4 is 31.9 Å². The minimum atomic E-state index is -3.62. The molecule has 1 amide bonds. The lowest BCUT2D eigenvalue weighted by molar-refractivity contribution is 0.0697. The van der Waals surface area contributed by atoms with E-state index < -0.39 is 15.8 Å². The van der Waals surface area contributed by atoms with E-state index in [1.165, 1.54) is 22.5 Å². The van der Waals surface area contributed by atoms with E-state index in [0.29, 0.717) is 4.47 Å². The first kappa shape index (κ1) is 18.0. The second-order valence-corrected chi connectivity index (χ2v) is 8.40. The Labute approximate surface area is 154 Å². The van der Waals surface area contributed by atoms with Crippen molar-refractivity contribution in [3.63, 3.8) is 0 Å². The molecular weight excluding hydrogens is 411 g/mol. The molecule has 0 N–H and O–H groups in total. The van der Waals surface area contributed by atoms with Crippen LogP contribution >= 0.6 is 15.9 Å². The maximum atomic E-state index is 13.3. The molecule has 1 fully saturated rings. The molecule has 132 valence electrons. The smallest absolute Gasteiger partial charge is 0.254 e. The van der Waals surface area contributed by atoms with Gasteiger partial charge in [-0.3, -0.25) is 4.79 Å². The van der Waals surface area contributed by atoms with Crippen molar-refractivity contribution < 1.29 is 17.6 Å². The fourth-order valence-electron chi connectivity index (χ4n) is 2.73. The number of nitrogens with zero attached hydrogens (tertiary/aromatic N) is 2. The molecule has 0 aliphatic carbocycles. The van der Waals surface area contributed by atoms with E-state index in [4.69, 9.17) is 0 Å². The van der Waals surface area contributed by atoms with Gasteiger partial charge in [0.15, 0.2) is 0 Å². The normalized spacial score (nSPS) is 16.0. The Balaban J connectivity index is 1.72. The van der Waals surface area contributed by atoms with Crippen molar-refractivity contribution in [3.05, 3.63) is 64.4 Å². The van der Waals surface area contributed by atoms with Gasteiger partial charge in [-0.25, -0.2) is 12.8 Å². The number of hydrogen-bond donors (Lipinski definition) is 0. The van der Waals surface area contributed by atoms with E-state index in [2.05, 4.69) is 15.9 Å². The molecule has 0 radical (unpaired) electrons. The summed E-state index contributed by atoms with van der Waals surface area (Å²) in [4.78, 5) is 14.2. The Kier molecular flexibility index (Phi) is 5.21. The van der Waals surface area contributed by atoms with Gasteiger partial charge in [-0.2, -0.15) is 4.31 Å². The molecule has 0 aromatic heterocycles. The summed E-state index contributed by atoms with van der Waals surface area (Å²) in [6.45, 7) is 0.924. The Morgan fingerprint density at radius 3 is 2.32 bits per heavy atom. The summed E-state index contributed by atoms with van der Waals surface area (Å²) in [5, 5.41) is 0. The third kappa shape index (κ3) is 3.75. The molecule has 8 heteroatoms. The first-order chi connectivity index (χ1) is 11.9. The highest BCUT2D eigenvalue weighted by atomic mass is 79.9. The predicted octanol–water partition coefficient (Wildman–Crippen LogP) is 2.73. The summed E-state index contributed by atoms with van der Waals surface area (Å²) in [6.07, 6.45) is 0. The van der Waals surface area contributed by atoms with E-state index >= 15 is 0 Å². The Morgan fingerprint density at radius 2 is 1.68 bits per heavy atom. The number of carbonyl (C=O) groups is 1. The SMILES string of the molecule is O=C(c1cccc(F)c1)N1CCN(S(=O)(=O)c2ccccc2Br)CC1. The zero-order valence-electron chi connectivity index (χ0n) is 13.2. The minimum Gasteiger partial charge on any atom is -0.336 e. The van der Waals surface area contributed by atoms with Gasteiger partial charge in [-0.1, -0.05) is 18.2 Å². The van der Waals surface area contributed by atoms with E-state index in [1.807, 2.05) is 0 Å². The fraction of sp³-hybridized carbons (Fsp3) is 0.235. The lowest BCUT2D eigenvalue weighted by atomic mass is 10.2. The van der Waals surface area contributed by atoms with Crippen LogP contribution in [-0.4, -0.2) is 49.7 Å². The van der Waals surface area contributed by atoms with Crippen molar-refractivity contribution in [2.24, 2.45) is 0 Å². The summed E-state index contributed by atoms with van der Waals surface area (Å²) in [5.41, 5.74) is 0.266. The summed E-state index contributed by atoms with van der Waals surface area (Å²) in [6, 6.07) is 12.1. The van der Waals surface area contributed by atoms with Gasteiger partial charge in [0, 0.05) is 36.2 Å². The molecule has 1 aliphatic heterocycles. The van der Waals surface area contributed by atoms with Crippen molar-refractivity contribution in [3.8, 4) is 0 Å². The largest absolute Gasteiger partial charge is 0.336 e. The first-order valence-electron chi connectivity index (χ1n) is 7.69. The van der Waals surface area contributed by atoms with Gasteiger partial charge in [0.05, 0.1) is 4.90 Å². The van der Waals surface area contributed by atoms with Crippen molar-refractivity contribution in [2.75, 3.05) is 26.2 Å². The van der Waals surface area contributed by atoms with Crippen LogP contribution in [0, 0.1) is 5.82 Å². The highest BCUT2D eigenvalue weighted by Crippen LogP contribution is 2.25. The standard InChI is InChI=1S/C17H16BrFN2O3S/c18-15-6-1-2-7-16(15)25(23,24)21-10-8-20(9-11-21)17(22)13-4-3-5-14(19)12-13/h1-7,12H,8-11H2. The lowest BCUT2D eigenvalue weighted by Gasteiger charge is -2.34. The van der Waals surface area contributed by atoms with Gasteiger partial charge < -0.3 is 4.90 Å². The van der Waals surface area contributed by atoms with Crippen LogP contribution in [0.5, 0.6) is 0 Å². The summed E-state index contributed by atoms with van der Waals surface area (Å²) >= 11 is 3.27. The van der Waals surface area contributed by atoms with Gasteiger partial charge in [0.2, 0.25) is 10.0 Å². The van der Waals surface area contributed by atoms with Crippen molar-refractivity contribution in [1.82, 2.24) is 9.21 Å². The number of amides is 1. The maximum absolute atomic E-state index is 13.3. The third-order valence-corrected chi connectivity index (χ3v) is 6.96. The quantitative estimate of drug-likeness (QED) is 0.757. The molecule has 2 aromatic carbocycles. The molecule has 2 aromatic rings. The molecule has 1 saturated heterocycles. The monoisotopic (exact) mass is 426 g/mol. The topological polar surface area (TPSA) is 57.7 Å². The number of hydrogen-bond acceptors (Lipinski definition) is 3. The molecule has 25 heavy (non-hydrogen) atoms. The molecule has 0 saturated carbocycles. The van der Waals surface area contributed by atoms with E-state index in [0.717, 1.165) is 0 Å². The highest BCUT2D eigenvalue weighted by molar-refractivity contribution is 9.10. The number of benzene rings is 2. The zero-order valence-corrected chi connectivity index (χ0v) is 15.6. The molecule has 0 atom stereocenters. The van der Waals surface area contributed by atoms with E-state index in [1.54, 1.807) is 35.2 Å². The lowest BCUT2D eigenvalue weighted by Crippen LogP contribution is -2.50. The second kappa shape index (κ2) is 7.23. The zero-order chi connectivity index (χ0) is 18.0. The molecule has 1 aliphatic rings. The highest BCUT2D eigenvalue weighted by Gasteiger charge is 2.31. The van der Waals surface area contributed by atoms with Gasteiger partial charge in [-0.15, -0.1) is 0 Å². The van der Waals surface area contributed by atoms with Gasteiger partial charge in [-0.05, 0) is 46.3 Å². The van der Waals surface area contributed by atoms with Gasteiger partial charge >= 0.3 is 0 Å². The number of carbonyl (C=O) groups excluding carboxylic acids is 1. The minimum absolute atomic E-state index is 0.199. The second-order valence-electron chi connectivity index (χ2n) is 5.64. The summed E-state index contributed by atoms with van der Waals surface area (Å²) < 4.78 is 40.6. The molecule has 0 unspecified atom stereocenters. The van der Waals surface area contributed by atoms with Crippen LogP contribution in [0.4, 0.5) is 4.39 Å². The first-order valence-corrected chi connectivity index (χ1v) is 9.92. The van der Waals surface area contributed by atoms with Crippen LogP contribution in [0.25, 0.3) is 0 Å². The Bertz CT molecular complexity index is 896. The van der Waals surface area contributed by atoms with Gasteiger partial charge in [0.25, 0.3) is 5.91 Å². The maximum Gasteiger partial charge on any atom is 0.254 e. The predicted molar refractivity (Wildman–Crippen MR) is 95.2 cm³/mol. The average molecular weight is 427 g/mol. The third-order valence-electron chi connectivity index (χ3n) is 4.05. The van der Waals surface area contributed by atoms with Gasteiger partial charge in [0.1, 0.15) is 5.82 Å². The van der Waals surface area contributed by atoms with E-state index in [9.17, 15) is 17.6 Å². The summed E-state index contributed by atoms with van der Waals surface area (Å²) in [5.74, 6) is -0.765. The van der Waals surface area contributed by atoms with Crippen LogP contribution in [0.2, 0.25) is 0 Å². The van der Waals surface area contributed by atoms with Crippen molar-refractivity contribution in [1.29, 1.82) is 0 Å². The summed E-state index contributed by atoms with van der Waals surface area (Å²) in [7, 11) is -3.62. The fourth-order valence-corrected chi connectivity index (χ4v) is 5.11. The number of piperazine rings is 1. The average Bonchev–Trinajstić information content (AvgIpc) is 2.61. The number of sulfonamides is 1. The molecule has 0 spiro atoms. The molecule has 5 nitrogen and oxygen atoms in total. The van der Waals surface area contributed by atoms with Crippen LogP contribution < -0.4 is 0 Å². The van der Waals surface area contributed by atoms with Crippen LogP contribution in [-0.2, 0) is 10.0 Å². The molecule has 0 bridgehead atoms. The van der Waals surface area contributed by atoms with Crippen LogP contribution in [0.15, 0.2) is 57.9 Å².